The number of carbonyl (C=O) groups is 2. The van der Waals surface area contributed by atoms with Gasteiger partial charge in [0.1, 0.15) is 0 Å². The molecule has 24 heavy (non-hydrogen) atoms. The quantitative estimate of drug-likeness (QED) is 0.810. The summed E-state index contributed by atoms with van der Waals surface area (Å²) in [5.41, 5.74) is 1.68. The third-order valence-electron chi connectivity index (χ3n) is 4.29. The highest BCUT2D eigenvalue weighted by atomic mass is 16.2. The van der Waals surface area contributed by atoms with Crippen LogP contribution in [0.4, 0.5) is 0 Å². The Labute approximate surface area is 143 Å². The molecule has 6 nitrogen and oxygen atoms in total. The predicted octanol–water partition coefficient (Wildman–Crippen LogP) is 2.01. The maximum atomic E-state index is 12.9. The number of hydrogen-bond donors (Lipinski definition) is 1. The Morgan fingerprint density at radius 1 is 1.50 bits per heavy atom. The van der Waals surface area contributed by atoms with Crippen LogP contribution in [0.5, 0.6) is 0 Å². The number of nitrogens with one attached hydrogen (secondary N) is 1. The monoisotopic (exact) mass is 332 g/mol. The second kappa shape index (κ2) is 8.13. The molecule has 1 aliphatic rings. The van der Waals surface area contributed by atoms with E-state index in [1.165, 1.54) is 6.08 Å². The summed E-state index contributed by atoms with van der Waals surface area (Å²) in [5.74, 6) is 0.305. The van der Waals surface area contributed by atoms with E-state index in [1.807, 2.05) is 16.5 Å². The number of carbonyl (C=O) groups excluding carboxylic acids is 2. The van der Waals surface area contributed by atoms with E-state index in [0.717, 1.165) is 38.0 Å². The maximum Gasteiger partial charge on any atom is 0.257 e. The third kappa shape index (κ3) is 4.24. The lowest BCUT2D eigenvalue weighted by molar-refractivity contribution is -0.117. The maximum absolute atomic E-state index is 12.9. The minimum Gasteiger partial charge on any atom is -0.348 e. The molecule has 0 aliphatic carbocycles. The third-order valence-corrected chi connectivity index (χ3v) is 4.29. The van der Waals surface area contributed by atoms with Gasteiger partial charge in [-0.05, 0) is 31.3 Å². The van der Waals surface area contributed by atoms with Crippen LogP contribution in [-0.4, -0.2) is 45.6 Å². The summed E-state index contributed by atoms with van der Waals surface area (Å²) in [7, 11) is 0. The minimum absolute atomic E-state index is 0.0102. The minimum atomic E-state index is -0.187. The van der Waals surface area contributed by atoms with E-state index in [1.54, 1.807) is 6.20 Å². The molecule has 2 rings (SSSR count). The molecule has 6 heteroatoms. The van der Waals surface area contributed by atoms with Crippen LogP contribution in [0, 0.1) is 5.92 Å². The van der Waals surface area contributed by atoms with Gasteiger partial charge in [-0.3, -0.25) is 14.3 Å². The lowest BCUT2D eigenvalue weighted by atomic mass is 10.0. The largest absolute Gasteiger partial charge is 0.348 e. The van der Waals surface area contributed by atoms with Gasteiger partial charge in [-0.1, -0.05) is 27.4 Å². The van der Waals surface area contributed by atoms with E-state index in [9.17, 15) is 9.59 Å². The normalized spacial score (nSPS) is 17.8. The van der Waals surface area contributed by atoms with Crippen molar-refractivity contribution in [3.05, 3.63) is 30.1 Å². The van der Waals surface area contributed by atoms with Gasteiger partial charge in [0, 0.05) is 25.7 Å². The lowest BCUT2D eigenvalue weighted by Gasteiger charge is -2.33. The fourth-order valence-electron chi connectivity index (χ4n) is 3.18. The van der Waals surface area contributed by atoms with Crippen molar-refractivity contribution in [1.82, 2.24) is 20.0 Å². The number of amides is 2. The molecule has 1 aliphatic heterocycles. The van der Waals surface area contributed by atoms with E-state index < -0.39 is 0 Å². The van der Waals surface area contributed by atoms with Gasteiger partial charge >= 0.3 is 0 Å². The highest BCUT2D eigenvalue weighted by Gasteiger charge is 2.27. The second-order valence-electron chi connectivity index (χ2n) is 6.74. The smallest absolute Gasteiger partial charge is 0.257 e. The molecule has 0 saturated carbocycles. The molecule has 0 aromatic carbocycles. The molecule has 132 valence electrons. The number of nitrogens with zero attached hydrogens (tertiary/aromatic N) is 3. The fourth-order valence-corrected chi connectivity index (χ4v) is 3.18. The summed E-state index contributed by atoms with van der Waals surface area (Å²) in [5, 5.41) is 7.30. The molecule has 1 aromatic rings. The van der Waals surface area contributed by atoms with Gasteiger partial charge in [0.15, 0.2) is 0 Å². The van der Waals surface area contributed by atoms with Crippen LogP contribution in [-0.2, 0) is 17.8 Å². The summed E-state index contributed by atoms with van der Waals surface area (Å²) < 4.78 is 1.94. The SMILES string of the molecule is C=CC(=O)N[C@@H]1CCCN(C(=O)c2cnn(CC(C)C)c2CC)C1. The highest BCUT2D eigenvalue weighted by Crippen LogP contribution is 2.18. The number of aromatic nitrogens is 2. The molecular weight excluding hydrogens is 304 g/mol. The number of rotatable bonds is 6. The molecule has 2 heterocycles. The van der Waals surface area contributed by atoms with Gasteiger partial charge in [0.25, 0.3) is 5.91 Å². The van der Waals surface area contributed by atoms with Crippen molar-refractivity contribution in [2.24, 2.45) is 5.92 Å². The van der Waals surface area contributed by atoms with Crippen LogP contribution in [0.1, 0.15) is 49.7 Å². The molecular formula is C18H28N4O2. The summed E-state index contributed by atoms with van der Waals surface area (Å²) in [6.45, 7) is 11.9. The van der Waals surface area contributed by atoms with Crippen LogP contribution in [0.2, 0.25) is 0 Å². The average molecular weight is 332 g/mol. The standard InChI is InChI=1S/C18H28N4O2/c1-5-16-15(10-19-22(16)11-13(3)4)18(24)21-9-7-8-14(12-21)20-17(23)6-2/h6,10,13-14H,2,5,7-9,11-12H2,1,3-4H3,(H,20,23)/t14-/m1/s1. The zero-order chi connectivity index (χ0) is 17.7. The van der Waals surface area contributed by atoms with Crippen molar-refractivity contribution in [3.63, 3.8) is 0 Å². The number of hydrogen-bond acceptors (Lipinski definition) is 3. The van der Waals surface area contributed by atoms with Crippen LogP contribution < -0.4 is 5.32 Å². The Bertz CT molecular complexity index is 606. The Balaban J connectivity index is 2.11. The Morgan fingerprint density at radius 2 is 2.25 bits per heavy atom. The van der Waals surface area contributed by atoms with Crippen LogP contribution in [0.25, 0.3) is 0 Å². The molecule has 0 radical (unpaired) electrons. The first-order valence-electron chi connectivity index (χ1n) is 8.73. The number of likely N-dealkylation sites (tertiary alicyclic amines) is 1. The van der Waals surface area contributed by atoms with E-state index in [2.05, 4.69) is 30.8 Å². The first kappa shape index (κ1) is 18.2. The first-order valence-corrected chi connectivity index (χ1v) is 8.73. The molecule has 1 atom stereocenters. The fraction of sp³-hybridized carbons (Fsp3) is 0.611. The lowest BCUT2D eigenvalue weighted by Crippen LogP contribution is -2.49. The molecule has 2 amide bonds. The highest BCUT2D eigenvalue weighted by molar-refractivity contribution is 5.95. The van der Waals surface area contributed by atoms with Crippen molar-refractivity contribution in [2.45, 2.75) is 52.6 Å². The molecule has 0 spiro atoms. The van der Waals surface area contributed by atoms with Crippen molar-refractivity contribution in [2.75, 3.05) is 13.1 Å². The summed E-state index contributed by atoms with van der Waals surface area (Å²) in [6.07, 6.45) is 5.51. The van der Waals surface area contributed by atoms with Gasteiger partial charge in [-0.15, -0.1) is 0 Å². The molecule has 1 saturated heterocycles. The molecule has 1 fully saturated rings. The first-order chi connectivity index (χ1) is 11.5. The van der Waals surface area contributed by atoms with Gasteiger partial charge in [0.2, 0.25) is 5.91 Å². The Hall–Kier alpha value is -2.11. The zero-order valence-electron chi connectivity index (χ0n) is 14.9. The van der Waals surface area contributed by atoms with E-state index in [4.69, 9.17) is 0 Å². The van der Waals surface area contributed by atoms with E-state index >= 15 is 0 Å². The molecule has 0 bridgehead atoms. The van der Waals surface area contributed by atoms with Crippen LogP contribution in [0.15, 0.2) is 18.9 Å². The zero-order valence-corrected chi connectivity index (χ0v) is 14.9. The number of piperidine rings is 1. The summed E-state index contributed by atoms with van der Waals surface area (Å²) in [6, 6.07) is -0.0102. The van der Waals surface area contributed by atoms with Gasteiger partial charge in [0.05, 0.1) is 17.5 Å². The van der Waals surface area contributed by atoms with Crippen LogP contribution in [0.3, 0.4) is 0 Å². The summed E-state index contributed by atoms with van der Waals surface area (Å²) >= 11 is 0. The van der Waals surface area contributed by atoms with Gasteiger partial charge < -0.3 is 10.2 Å². The van der Waals surface area contributed by atoms with E-state index in [0.29, 0.717) is 18.0 Å². The van der Waals surface area contributed by atoms with Crippen molar-refractivity contribution in [3.8, 4) is 0 Å². The van der Waals surface area contributed by atoms with Crippen molar-refractivity contribution >= 4 is 11.8 Å². The van der Waals surface area contributed by atoms with E-state index in [-0.39, 0.29) is 17.9 Å². The average Bonchev–Trinajstić information content (AvgIpc) is 2.96. The van der Waals surface area contributed by atoms with Crippen molar-refractivity contribution in [1.29, 1.82) is 0 Å². The van der Waals surface area contributed by atoms with Crippen molar-refractivity contribution < 1.29 is 9.59 Å². The van der Waals surface area contributed by atoms with Crippen LogP contribution >= 0.6 is 0 Å². The second-order valence-corrected chi connectivity index (χ2v) is 6.74. The Kier molecular flexibility index (Phi) is 6.17. The summed E-state index contributed by atoms with van der Waals surface area (Å²) in [4.78, 5) is 26.2. The molecule has 0 unspecified atom stereocenters. The molecule has 1 N–H and O–H groups in total. The predicted molar refractivity (Wildman–Crippen MR) is 93.7 cm³/mol. The topological polar surface area (TPSA) is 67.2 Å². The Morgan fingerprint density at radius 3 is 2.88 bits per heavy atom. The van der Waals surface area contributed by atoms with Gasteiger partial charge in [-0.25, -0.2) is 0 Å². The van der Waals surface area contributed by atoms with Gasteiger partial charge in [-0.2, -0.15) is 5.10 Å². The molecule has 1 aromatic heterocycles.